The Kier molecular flexibility index (Phi) is 2.85. The molecule has 0 fully saturated rings. The smallest absolute Gasteiger partial charge is 0.341 e. The van der Waals surface area contributed by atoms with Gasteiger partial charge in [-0.05, 0) is 18.2 Å². The number of nitrogens with zero attached hydrogens (tertiary/aromatic N) is 1. The highest BCUT2D eigenvalue weighted by Gasteiger charge is 2.19. The minimum atomic E-state index is -1.13. The van der Waals surface area contributed by atoms with E-state index in [-0.39, 0.29) is 11.3 Å². The molecular weight excluding hydrogens is 253 g/mol. The number of aromatic carboxylic acids is 1. The third-order valence-electron chi connectivity index (χ3n) is 1.97. The van der Waals surface area contributed by atoms with Gasteiger partial charge in [0.05, 0.1) is 11.2 Å². The van der Waals surface area contributed by atoms with Crippen molar-refractivity contribution < 1.29 is 14.4 Å². The molecule has 0 atom stereocenters. The van der Waals surface area contributed by atoms with Gasteiger partial charge >= 0.3 is 5.97 Å². The largest absolute Gasteiger partial charge is 0.477 e. The second kappa shape index (κ2) is 4.15. The number of hydrogen-bond donors (Lipinski definition) is 1. The van der Waals surface area contributed by atoms with E-state index in [1.165, 1.54) is 6.07 Å². The van der Waals surface area contributed by atoms with Gasteiger partial charge in [-0.1, -0.05) is 28.4 Å². The van der Waals surface area contributed by atoms with Gasteiger partial charge in [0, 0.05) is 10.6 Å². The molecule has 0 saturated heterocycles. The lowest BCUT2D eigenvalue weighted by atomic mass is 10.1. The minimum absolute atomic E-state index is 0.0517. The highest BCUT2D eigenvalue weighted by atomic mass is 35.5. The van der Waals surface area contributed by atoms with E-state index in [0.717, 1.165) is 6.20 Å². The van der Waals surface area contributed by atoms with E-state index in [1.54, 1.807) is 12.1 Å². The van der Waals surface area contributed by atoms with E-state index < -0.39 is 5.97 Å². The van der Waals surface area contributed by atoms with Gasteiger partial charge in [-0.2, -0.15) is 0 Å². The molecule has 0 saturated carbocycles. The Morgan fingerprint density at radius 1 is 1.38 bits per heavy atom. The zero-order valence-corrected chi connectivity index (χ0v) is 9.29. The van der Waals surface area contributed by atoms with Crippen molar-refractivity contribution in [1.29, 1.82) is 0 Å². The van der Waals surface area contributed by atoms with Gasteiger partial charge in [0.1, 0.15) is 5.56 Å². The summed E-state index contributed by atoms with van der Waals surface area (Å²) in [6, 6.07) is 4.69. The molecule has 1 heterocycles. The van der Waals surface area contributed by atoms with E-state index in [2.05, 4.69) is 5.16 Å². The number of aromatic nitrogens is 1. The maximum atomic E-state index is 10.9. The molecule has 0 aliphatic rings. The molecule has 2 aromatic rings. The quantitative estimate of drug-likeness (QED) is 0.897. The zero-order chi connectivity index (χ0) is 11.7. The van der Waals surface area contributed by atoms with E-state index in [1.807, 2.05) is 0 Å². The highest BCUT2D eigenvalue weighted by Crippen LogP contribution is 2.32. The Morgan fingerprint density at radius 2 is 2.12 bits per heavy atom. The van der Waals surface area contributed by atoms with Crippen LogP contribution in [0.25, 0.3) is 11.3 Å². The van der Waals surface area contributed by atoms with Gasteiger partial charge in [0.25, 0.3) is 0 Å². The fraction of sp³-hybridized carbons (Fsp3) is 0. The summed E-state index contributed by atoms with van der Waals surface area (Å²) in [5.41, 5.74) is 0.355. The van der Waals surface area contributed by atoms with Crippen LogP contribution in [0.4, 0.5) is 0 Å². The second-order valence-electron chi connectivity index (χ2n) is 3.00. The third-order valence-corrected chi connectivity index (χ3v) is 2.54. The van der Waals surface area contributed by atoms with Gasteiger partial charge in [0.15, 0.2) is 5.76 Å². The van der Waals surface area contributed by atoms with E-state index in [4.69, 9.17) is 32.8 Å². The predicted molar refractivity (Wildman–Crippen MR) is 58.9 cm³/mol. The first-order valence-corrected chi connectivity index (χ1v) is 4.98. The summed E-state index contributed by atoms with van der Waals surface area (Å²) in [5, 5.41) is 13.1. The van der Waals surface area contributed by atoms with Crippen molar-refractivity contribution in [2.45, 2.75) is 0 Å². The number of carbonyl (C=O) groups is 1. The number of benzene rings is 1. The second-order valence-corrected chi connectivity index (χ2v) is 3.84. The highest BCUT2D eigenvalue weighted by molar-refractivity contribution is 6.35. The van der Waals surface area contributed by atoms with Gasteiger partial charge in [-0.3, -0.25) is 0 Å². The number of hydrogen-bond acceptors (Lipinski definition) is 3. The van der Waals surface area contributed by atoms with E-state index >= 15 is 0 Å². The van der Waals surface area contributed by atoms with Crippen LogP contribution in [0.2, 0.25) is 10.0 Å². The van der Waals surface area contributed by atoms with E-state index in [9.17, 15) is 4.79 Å². The molecule has 0 aliphatic heterocycles. The SMILES string of the molecule is O=C(O)c1cnoc1-c1cc(Cl)ccc1Cl. The molecule has 4 nitrogen and oxygen atoms in total. The van der Waals surface area contributed by atoms with Crippen LogP contribution in [-0.2, 0) is 0 Å². The summed E-state index contributed by atoms with van der Waals surface area (Å²) in [6.45, 7) is 0. The molecule has 0 spiro atoms. The minimum Gasteiger partial charge on any atom is -0.477 e. The van der Waals surface area contributed by atoms with Crippen molar-refractivity contribution in [3.8, 4) is 11.3 Å². The Hall–Kier alpha value is -1.52. The van der Waals surface area contributed by atoms with Gasteiger partial charge < -0.3 is 9.63 Å². The Morgan fingerprint density at radius 3 is 2.81 bits per heavy atom. The average molecular weight is 258 g/mol. The Balaban J connectivity index is 2.62. The van der Waals surface area contributed by atoms with Crippen LogP contribution in [0.15, 0.2) is 28.9 Å². The number of rotatable bonds is 2. The van der Waals surface area contributed by atoms with Crippen molar-refractivity contribution in [2.24, 2.45) is 0 Å². The van der Waals surface area contributed by atoms with Crippen molar-refractivity contribution in [1.82, 2.24) is 5.16 Å². The molecule has 6 heteroatoms. The maximum absolute atomic E-state index is 10.9. The van der Waals surface area contributed by atoms with Crippen LogP contribution in [0, 0.1) is 0 Å². The summed E-state index contributed by atoms with van der Waals surface area (Å²) < 4.78 is 4.87. The summed E-state index contributed by atoms with van der Waals surface area (Å²) in [5.74, 6) is -1.03. The van der Waals surface area contributed by atoms with Gasteiger partial charge in [-0.15, -0.1) is 0 Å². The summed E-state index contributed by atoms with van der Waals surface area (Å²) >= 11 is 11.7. The van der Waals surface area contributed by atoms with Crippen LogP contribution in [0.5, 0.6) is 0 Å². The van der Waals surface area contributed by atoms with Crippen LogP contribution in [-0.4, -0.2) is 16.2 Å². The van der Waals surface area contributed by atoms with Crippen LogP contribution >= 0.6 is 23.2 Å². The maximum Gasteiger partial charge on any atom is 0.341 e. The lowest BCUT2D eigenvalue weighted by Crippen LogP contribution is -1.96. The first-order valence-electron chi connectivity index (χ1n) is 4.23. The number of halogens is 2. The molecule has 82 valence electrons. The summed E-state index contributed by atoms with van der Waals surface area (Å²) in [6.07, 6.45) is 1.12. The fourth-order valence-corrected chi connectivity index (χ4v) is 1.63. The molecule has 0 radical (unpaired) electrons. The normalized spacial score (nSPS) is 10.4. The summed E-state index contributed by atoms with van der Waals surface area (Å²) in [7, 11) is 0. The molecule has 0 bridgehead atoms. The molecular formula is C10H5Cl2NO3. The van der Waals surface area contributed by atoms with E-state index in [0.29, 0.717) is 15.6 Å². The van der Waals surface area contributed by atoms with Gasteiger partial charge in [-0.25, -0.2) is 4.79 Å². The molecule has 0 amide bonds. The topological polar surface area (TPSA) is 63.3 Å². The standard InChI is InChI=1S/C10H5Cl2NO3/c11-5-1-2-8(12)6(3-5)9-7(10(14)15)4-13-16-9/h1-4H,(H,14,15). The first kappa shape index (κ1) is 11.0. The van der Waals surface area contributed by atoms with Crippen LogP contribution < -0.4 is 0 Å². The monoisotopic (exact) mass is 257 g/mol. The Bertz CT molecular complexity index is 551. The molecule has 1 N–H and O–H groups in total. The first-order chi connectivity index (χ1) is 7.59. The molecule has 16 heavy (non-hydrogen) atoms. The zero-order valence-electron chi connectivity index (χ0n) is 7.78. The van der Waals surface area contributed by atoms with Crippen molar-refractivity contribution in [3.05, 3.63) is 40.0 Å². The molecule has 0 aliphatic carbocycles. The van der Waals surface area contributed by atoms with Crippen molar-refractivity contribution in [3.63, 3.8) is 0 Å². The van der Waals surface area contributed by atoms with Crippen molar-refractivity contribution >= 4 is 29.2 Å². The van der Waals surface area contributed by atoms with Crippen molar-refractivity contribution in [2.75, 3.05) is 0 Å². The molecule has 2 rings (SSSR count). The van der Waals surface area contributed by atoms with Gasteiger partial charge in [0.2, 0.25) is 0 Å². The number of carboxylic acid groups (broad SMARTS) is 1. The van der Waals surface area contributed by atoms with Crippen LogP contribution in [0.3, 0.4) is 0 Å². The predicted octanol–water partition coefficient (Wildman–Crippen LogP) is 3.35. The third kappa shape index (κ3) is 1.89. The fourth-order valence-electron chi connectivity index (χ4n) is 1.26. The molecule has 0 unspecified atom stereocenters. The lowest BCUT2D eigenvalue weighted by molar-refractivity contribution is 0.0697. The molecule has 1 aromatic heterocycles. The number of carboxylic acids is 1. The molecule has 1 aromatic carbocycles. The average Bonchev–Trinajstić information content (AvgIpc) is 2.70. The Labute approximate surface area is 100 Å². The summed E-state index contributed by atoms with van der Waals surface area (Å²) in [4.78, 5) is 10.9. The lowest BCUT2D eigenvalue weighted by Gasteiger charge is -2.01. The van der Waals surface area contributed by atoms with Crippen LogP contribution in [0.1, 0.15) is 10.4 Å².